The van der Waals surface area contributed by atoms with Crippen LogP contribution in [0.4, 0.5) is 5.13 Å². The van der Waals surface area contributed by atoms with Gasteiger partial charge in [-0.05, 0) is 30.5 Å². The average Bonchev–Trinajstić information content (AvgIpc) is 2.88. The first-order chi connectivity index (χ1) is 9.51. The first kappa shape index (κ1) is 14.5. The fraction of sp³-hybridized carbons (Fsp3) is 0.333. The summed E-state index contributed by atoms with van der Waals surface area (Å²) in [6, 6.07) is 5.39. The monoisotopic (exact) mass is 290 g/mol. The molecule has 0 spiro atoms. The number of hydrogen-bond acceptors (Lipinski definition) is 4. The highest BCUT2D eigenvalue weighted by Crippen LogP contribution is 2.26. The van der Waals surface area contributed by atoms with E-state index >= 15 is 0 Å². The highest BCUT2D eigenvalue weighted by Gasteiger charge is 2.12. The molecule has 0 bridgehead atoms. The fourth-order valence-corrected chi connectivity index (χ4v) is 2.56. The van der Waals surface area contributed by atoms with Gasteiger partial charge in [-0.25, -0.2) is 4.98 Å². The highest BCUT2D eigenvalue weighted by molar-refractivity contribution is 7.15. The molecule has 4 nitrogen and oxygen atoms in total. The molecule has 2 rings (SSSR count). The van der Waals surface area contributed by atoms with Crippen molar-refractivity contribution in [2.75, 3.05) is 12.4 Å². The number of aromatic nitrogens is 1. The molecule has 1 amide bonds. The van der Waals surface area contributed by atoms with Gasteiger partial charge in [0, 0.05) is 16.6 Å². The number of aryl methyl sites for hydroxylation is 1. The Morgan fingerprint density at radius 2 is 2.15 bits per heavy atom. The maximum Gasteiger partial charge on any atom is 0.257 e. The van der Waals surface area contributed by atoms with Crippen molar-refractivity contribution in [1.82, 2.24) is 4.98 Å². The molecule has 1 aromatic heterocycles. The Labute approximate surface area is 122 Å². The van der Waals surface area contributed by atoms with Crippen LogP contribution in [0.25, 0.3) is 0 Å². The molecular formula is C15H18N2O2S. The molecule has 2 aromatic rings. The van der Waals surface area contributed by atoms with Gasteiger partial charge in [-0.1, -0.05) is 19.9 Å². The van der Waals surface area contributed by atoms with Crippen LogP contribution < -0.4 is 10.1 Å². The number of benzene rings is 1. The lowest BCUT2D eigenvalue weighted by molar-refractivity contribution is 0.102. The van der Waals surface area contributed by atoms with Crippen molar-refractivity contribution in [2.45, 2.75) is 26.7 Å². The van der Waals surface area contributed by atoms with Crippen LogP contribution in [0.1, 0.15) is 40.6 Å². The first-order valence-electron chi connectivity index (χ1n) is 6.43. The number of nitrogens with one attached hydrogen (secondary N) is 1. The third-order valence-electron chi connectivity index (χ3n) is 2.98. The third-order valence-corrected chi connectivity index (χ3v) is 4.20. The Bertz CT molecular complexity index is 620. The molecule has 0 aliphatic rings. The standard InChI is InChI=1S/C15H18N2O2S/c1-9(2)13-8-16-15(20-13)17-14(18)11-6-5-10(3)12(7-11)19-4/h5-9H,1-4H3,(H,16,17,18). The van der Waals surface area contributed by atoms with Crippen LogP contribution in [-0.4, -0.2) is 18.0 Å². The van der Waals surface area contributed by atoms with Gasteiger partial charge in [-0.15, -0.1) is 11.3 Å². The molecule has 0 unspecified atom stereocenters. The zero-order chi connectivity index (χ0) is 14.7. The molecule has 0 saturated carbocycles. The van der Waals surface area contributed by atoms with E-state index in [4.69, 9.17) is 4.74 Å². The second kappa shape index (κ2) is 6.05. The molecule has 1 aromatic carbocycles. The van der Waals surface area contributed by atoms with Gasteiger partial charge in [0.15, 0.2) is 5.13 Å². The summed E-state index contributed by atoms with van der Waals surface area (Å²) in [5.74, 6) is 0.949. The van der Waals surface area contributed by atoms with Gasteiger partial charge < -0.3 is 4.74 Å². The van der Waals surface area contributed by atoms with Crippen LogP contribution in [-0.2, 0) is 0 Å². The zero-order valence-corrected chi connectivity index (χ0v) is 12.9. The highest BCUT2D eigenvalue weighted by atomic mass is 32.1. The SMILES string of the molecule is COc1cc(C(=O)Nc2ncc(C(C)C)s2)ccc1C. The van der Waals surface area contributed by atoms with Crippen LogP contribution in [0.3, 0.4) is 0 Å². The van der Waals surface area contributed by atoms with Gasteiger partial charge in [0.1, 0.15) is 5.75 Å². The lowest BCUT2D eigenvalue weighted by Crippen LogP contribution is -2.11. The van der Waals surface area contributed by atoms with Gasteiger partial charge in [-0.3, -0.25) is 10.1 Å². The summed E-state index contributed by atoms with van der Waals surface area (Å²) >= 11 is 1.50. The summed E-state index contributed by atoms with van der Waals surface area (Å²) in [6.07, 6.45) is 1.81. The van der Waals surface area contributed by atoms with Gasteiger partial charge in [0.25, 0.3) is 5.91 Å². The summed E-state index contributed by atoms with van der Waals surface area (Å²) < 4.78 is 5.23. The minimum absolute atomic E-state index is 0.173. The third kappa shape index (κ3) is 3.17. The van der Waals surface area contributed by atoms with E-state index in [0.717, 1.165) is 10.4 Å². The van der Waals surface area contributed by atoms with Crippen molar-refractivity contribution in [2.24, 2.45) is 0 Å². The van der Waals surface area contributed by atoms with Crippen LogP contribution in [0, 0.1) is 6.92 Å². The average molecular weight is 290 g/mol. The number of nitrogens with zero attached hydrogens (tertiary/aromatic N) is 1. The minimum atomic E-state index is -0.173. The number of carbonyl (C=O) groups is 1. The van der Waals surface area contributed by atoms with Crippen LogP contribution >= 0.6 is 11.3 Å². The molecule has 20 heavy (non-hydrogen) atoms. The second-order valence-corrected chi connectivity index (χ2v) is 5.92. The molecule has 106 valence electrons. The Hall–Kier alpha value is -1.88. The van der Waals surface area contributed by atoms with Gasteiger partial charge in [0.2, 0.25) is 0 Å². The van der Waals surface area contributed by atoms with E-state index in [1.807, 2.05) is 13.0 Å². The summed E-state index contributed by atoms with van der Waals surface area (Å²) in [6.45, 7) is 6.14. The number of thiazole rings is 1. The van der Waals surface area contributed by atoms with Crippen molar-refractivity contribution < 1.29 is 9.53 Å². The molecule has 5 heteroatoms. The Kier molecular flexibility index (Phi) is 4.39. The summed E-state index contributed by atoms with van der Waals surface area (Å²) in [7, 11) is 1.60. The van der Waals surface area contributed by atoms with E-state index in [-0.39, 0.29) is 5.91 Å². The number of carbonyl (C=O) groups excluding carboxylic acids is 1. The molecule has 0 radical (unpaired) electrons. The topological polar surface area (TPSA) is 51.2 Å². The normalized spacial score (nSPS) is 10.7. The Morgan fingerprint density at radius 1 is 1.40 bits per heavy atom. The summed E-state index contributed by atoms with van der Waals surface area (Å²) in [5.41, 5.74) is 1.56. The van der Waals surface area contributed by atoms with Crippen LogP contribution in [0.15, 0.2) is 24.4 Å². The van der Waals surface area contributed by atoms with Crippen molar-refractivity contribution >= 4 is 22.4 Å². The summed E-state index contributed by atoms with van der Waals surface area (Å²) in [5, 5.41) is 3.44. The van der Waals surface area contributed by atoms with Gasteiger partial charge in [0.05, 0.1) is 7.11 Å². The lowest BCUT2D eigenvalue weighted by Gasteiger charge is -2.07. The molecular weight excluding hydrogens is 272 g/mol. The van der Waals surface area contributed by atoms with Crippen molar-refractivity contribution in [3.8, 4) is 5.75 Å². The van der Waals surface area contributed by atoms with Crippen molar-refractivity contribution in [1.29, 1.82) is 0 Å². The van der Waals surface area contributed by atoms with E-state index in [1.54, 1.807) is 25.4 Å². The first-order valence-corrected chi connectivity index (χ1v) is 7.24. The van der Waals surface area contributed by atoms with Crippen molar-refractivity contribution in [3.63, 3.8) is 0 Å². The zero-order valence-electron chi connectivity index (χ0n) is 12.1. The van der Waals surface area contributed by atoms with Gasteiger partial charge in [-0.2, -0.15) is 0 Å². The molecule has 0 saturated heterocycles. The van der Waals surface area contributed by atoms with E-state index in [1.165, 1.54) is 11.3 Å². The van der Waals surface area contributed by atoms with E-state index in [9.17, 15) is 4.79 Å². The molecule has 0 aliphatic carbocycles. The maximum atomic E-state index is 12.2. The van der Waals surface area contributed by atoms with E-state index in [2.05, 4.69) is 24.1 Å². The quantitative estimate of drug-likeness (QED) is 0.931. The van der Waals surface area contributed by atoms with Crippen molar-refractivity contribution in [3.05, 3.63) is 40.4 Å². The summed E-state index contributed by atoms with van der Waals surface area (Å²) in [4.78, 5) is 17.5. The smallest absolute Gasteiger partial charge is 0.257 e. The molecule has 1 heterocycles. The number of anilines is 1. The van der Waals surface area contributed by atoms with Gasteiger partial charge >= 0.3 is 0 Å². The van der Waals surface area contributed by atoms with Crippen LogP contribution in [0.5, 0.6) is 5.75 Å². The predicted octanol–water partition coefficient (Wildman–Crippen LogP) is 3.84. The largest absolute Gasteiger partial charge is 0.496 e. The fourth-order valence-electron chi connectivity index (χ4n) is 1.74. The number of ether oxygens (including phenoxy) is 1. The number of hydrogen-bond donors (Lipinski definition) is 1. The maximum absolute atomic E-state index is 12.2. The number of rotatable bonds is 4. The Morgan fingerprint density at radius 3 is 2.75 bits per heavy atom. The van der Waals surface area contributed by atoms with E-state index in [0.29, 0.717) is 22.4 Å². The molecule has 1 N–H and O–H groups in total. The number of methoxy groups -OCH3 is 1. The van der Waals surface area contributed by atoms with E-state index < -0.39 is 0 Å². The minimum Gasteiger partial charge on any atom is -0.496 e. The van der Waals surface area contributed by atoms with Crippen LogP contribution in [0.2, 0.25) is 0 Å². The molecule has 0 fully saturated rings. The molecule has 0 aliphatic heterocycles. The number of amides is 1. The molecule has 0 atom stereocenters. The predicted molar refractivity (Wildman–Crippen MR) is 81.9 cm³/mol. The Balaban J connectivity index is 2.15. The second-order valence-electron chi connectivity index (χ2n) is 4.86. The lowest BCUT2D eigenvalue weighted by atomic mass is 10.1.